The summed E-state index contributed by atoms with van der Waals surface area (Å²) in [6.45, 7) is 3.94. The van der Waals surface area contributed by atoms with Crippen LogP contribution >= 0.6 is 0 Å². The van der Waals surface area contributed by atoms with Gasteiger partial charge in [0.2, 0.25) is 0 Å². The van der Waals surface area contributed by atoms with Crippen molar-refractivity contribution in [2.24, 2.45) is 15.5 Å². The van der Waals surface area contributed by atoms with Gasteiger partial charge in [0.1, 0.15) is 25.0 Å². The topological polar surface area (TPSA) is 139 Å². The molecule has 0 aromatic heterocycles. The number of nitrogens with zero attached hydrogens (tertiary/aromatic N) is 6. The largest absolute Gasteiger partial charge is 0.463 e. The average Bonchev–Trinajstić information content (AvgIpc) is 2.51. The number of hydrogen-bond donors (Lipinski definition) is 0. The molecule has 0 radical (unpaired) electrons. The van der Waals surface area contributed by atoms with Crippen molar-refractivity contribution in [3.8, 4) is 0 Å². The number of azide groups is 1. The van der Waals surface area contributed by atoms with Gasteiger partial charge in [-0.05, 0) is 17.7 Å². The van der Waals surface area contributed by atoms with Crippen molar-refractivity contribution in [2.75, 3.05) is 13.2 Å². The fourth-order valence-electron chi connectivity index (χ4n) is 2.13. The van der Waals surface area contributed by atoms with Crippen molar-refractivity contribution >= 4 is 11.9 Å². The Hall–Kier alpha value is -2.46. The highest BCUT2D eigenvalue weighted by molar-refractivity contribution is 5.66. The van der Waals surface area contributed by atoms with Crippen LogP contribution < -0.4 is 0 Å². The molecular formula is C12H19FN6O5. The molecule has 0 amide bonds. The first-order valence-electron chi connectivity index (χ1n) is 7.21. The van der Waals surface area contributed by atoms with Crippen LogP contribution in [0, 0.1) is 0 Å². The minimum absolute atomic E-state index is 0.0281. The van der Waals surface area contributed by atoms with Crippen LogP contribution in [0.2, 0.25) is 0 Å². The van der Waals surface area contributed by atoms with Gasteiger partial charge < -0.3 is 14.2 Å². The highest BCUT2D eigenvalue weighted by atomic mass is 19.2. The Balaban J connectivity index is 3.05. The highest BCUT2D eigenvalue weighted by Crippen LogP contribution is 2.29. The monoisotopic (exact) mass is 346 g/mol. The van der Waals surface area contributed by atoms with E-state index in [0.29, 0.717) is 0 Å². The Bertz CT molecular complexity index is 526. The van der Waals surface area contributed by atoms with Gasteiger partial charge in [-0.15, -0.1) is 5.23 Å². The maximum atomic E-state index is 14.2. The normalized spacial score (nSPS) is 26.5. The van der Waals surface area contributed by atoms with E-state index in [4.69, 9.17) is 19.7 Å². The molecule has 24 heavy (non-hydrogen) atoms. The van der Waals surface area contributed by atoms with E-state index in [1.807, 2.05) is 0 Å². The molecule has 134 valence electrons. The van der Waals surface area contributed by atoms with Gasteiger partial charge in [0.05, 0.1) is 6.54 Å². The molecule has 0 bridgehead atoms. The van der Waals surface area contributed by atoms with Gasteiger partial charge in [-0.25, -0.2) is 0 Å². The second-order valence-electron chi connectivity index (χ2n) is 4.85. The van der Waals surface area contributed by atoms with Crippen LogP contribution in [0.15, 0.2) is 15.5 Å². The lowest BCUT2D eigenvalue weighted by atomic mass is 9.98. The molecule has 1 aliphatic heterocycles. The summed E-state index contributed by atoms with van der Waals surface area (Å²) < 4.78 is 29.6. The number of carbonyl (C=O) groups excluding carboxylic acids is 2. The van der Waals surface area contributed by atoms with Crippen molar-refractivity contribution in [1.82, 2.24) is 5.23 Å². The van der Waals surface area contributed by atoms with E-state index >= 15 is 0 Å². The third-order valence-corrected chi connectivity index (χ3v) is 3.02. The molecule has 12 heteroatoms. The maximum Gasteiger partial charge on any atom is 0.303 e. The summed E-state index contributed by atoms with van der Waals surface area (Å²) in [5.41, 5.74) is 8.56. The van der Waals surface area contributed by atoms with Gasteiger partial charge in [-0.1, -0.05) is 9.60 Å². The van der Waals surface area contributed by atoms with E-state index in [1.54, 1.807) is 6.92 Å². The van der Waals surface area contributed by atoms with Crippen molar-refractivity contribution in [3.63, 3.8) is 0 Å². The standard InChI is InChI=1S/C12H19FN6O5/c1-4-15-18-19(13)9-5-11(16-17-14)24-10(6-22-7(2)20)12(9)23-8(3)21/h9-12H,4-6H2,1-3H3/b18-15-/t9-,10-,11?,12-/m1/s1. The average molecular weight is 346 g/mol. The Morgan fingerprint density at radius 1 is 1.42 bits per heavy atom. The highest BCUT2D eigenvalue weighted by Gasteiger charge is 2.45. The Labute approximate surface area is 137 Å². The van der Waals surface area contributed by atoms with Crippen LogP contribution in [-0.4, -0.2) is 54.8 Å². The number of carbonyl (C=O) groups is 2. The van der Waals surface area contributed by atoms with Crippen LogP contribution in [0.5, 0.6) is 0 Å². The molecule has 1 saturated heterocycles. The molecule has 1 heterocycles. The second kappa shape index (κ2) is 9.63. The fourth-order valence-corrected chi connectivity index (χ4v) is 2.13. The van der Waals surface area contributed by atoms with Gasteiger partial charge >= 0.3 is 11.9 Å². The molecule has 0 N–H and O–H groups in total. The lowest BCUT2D eigenvalue weighted by Gasteiger charge is -2.39. The SMILES string of the molecule is CC/N=N\N(F)[C@@H]1CC(N=[N+]=[N-])O[C@H](COC(C)=O)[C@@H]1OC(C)=O. The van der Waals surface area contributed by atoms with E-state index < -0.39 is 36.4 Å². The second-order valence-corrected chi connectivity index (χ2v) is 4.85. The van der Waals surface area contributed by atoms with E-state index in [-0.39, 0.29) is 24.8 Å². The van der Waals surface area contributed by atoms with Crippen molar-refractivity contribution in [1.29, 1.82) is 0 Å². The molecule has 1 unspecified atom stereocenters. The zero-order chi connectivity index (χ0) is 18.1. The van der Waals surface area contributed by atoms with Crippen LogP contribution in [-0.2, 0) is 23.8 Å². The lowest BCUT2D eigenvalue weighted by molar-refractivity contribution is -0.214. The van der Waals surface area contributed by atoms with Gasteiger partial charge in [-0.3, -0.25) is 9.59 Å². The van der Waals surface area contributed by atoms with E-state index in [2.05, 4.69) is 20.4 Å². The first kappa shape index (κ1) is 19.6. The summed E-state index contributed by atoms with van der Waals surface area (Å²) in [4.78, 5) is 24.9. The zero-order valence-electron chi connectivity index (χ0n) is 13.5. The quantitative estimate of drug-likeness (QED) is 0.172. The molecule has 0 saturated carbocycles. The number of halogens is 1. The summed E-state index contributed by atoms with van der Waals surface area (Å²) in [7, 11) is 0. The van der Waals surface area contributed by atoms with Gasteiger partial charge in [-0.2, -0.15) is 5.11 Å². The first-order chi connectivity index (χ1) is 11.4. The summed E-state index contributed by atoms with van der Waals surface area (Å²) in [5, 5.41) is 10.3. The number of rotatable bonds is 7. The summed E-state index contributed by atoms with van der Waals surface area (Å²) in [6.07, 6.45) is -3.32. The molecule has 0 aliphatic carbocycles. The molecule has 1 aliphatic rings. The first-order valence-corrected chi connectivity index (χ1v) is 7.21. The summed E-state index contributed by atoms with van der Waals surface area (Å²) in [6, 6.07) is -1.12. The zero-order valence-corrected chi connectivity index (χ0v) is 13.5. The van der Waals surface area contributed by atoms with Crippen LogP contribution in [0.1, 0.15) is 27.2 Å². The predicted octanol–water partition coefficient (Wildman–Crippen LogP) is 1.85. The Kier molecular flexibility index (Phi) is 7.86. The number of hydrogen-bond acceptors (Lipinski definition) is 8. The molecule has 1 rings (SSSR count). The minimum Gasteiger partial charge on any atom is -0.463 e. The van der Waals surface area contributed by atoms with Crippen molar-refractivity contribution < 1.29 is 28.3 Å². The third-order valence-electron chi connectivity index (χ3n) is 3.02. The Morgan fingerprint density at radius 3 is 2.67 bits per heavy atom. The Morgan fingerprint density at radius 2 is 2.12 bits per heavy atom. The van der Waals surface area contributed by atoms with Gasteiger partial charge in [0, 0.05) is 25.2 Å². The van der Waals surface area contributed by atoms with Crippen LogP contribution in [0.4, 0.5) is 4.48 Å². The summed E-state index contributed by atoms with van der Waals surface area (Å²) in [5.74, 6) is -1.27. The number of esters is 2. The molecule has 0 spiro atoms. The van der Waals surface area contributed by atoms with Crippen LogP contribution in [0.25, 0.3) is 10.4 Å². The maximum absolute atomic E-state index is 14.2. The minimum atomic E-state index is -1.13. The third kappa shape index (κ3) is 5.97. The predicted molar refractivity (Wildman–Crippen MR) is 76.7 cm³/mol. The van der Waals surface area contributed by atoms with E-state index in [9.17, 15) is 14.1 Å². The smallest absolute Gasteiger partial charge is 0.303 e. The molecule has 11 nitrogen and oxygen atoms in total. The van der Waals surface area contributed by atoms with Gasteiger partial charge in [0.25, 0.3) is 0 Å². The number of ether oxygens (including phenoxy) is 3. The van der Waals surface area contributed by atoms with Crippen molar-refractivity contribution in [3.05, 3.63) is 10.4 Å². The van der Waals surface area contributed by atoms with Crippen molar-refractivity contribution in [2.45, 2.75) is 51.7 Å². The van der Waals surface area contributed by atoms with E-state index in [0.717, 1.165) is 6.92 Å². The van der Waals surface area contributed by atoms with E-state index in [1.165, 1.54) is 6.92 Å². The summed E-state index contributed by atoms with van der Waals surface area (Å²) >= 11 is 0. The van der Waals surface area contributed by atoms with Gasteiger partial charge in [0.15, 0.2) is 6.10 Å². The molecule has 0 aromatic rings. The lowest BCUT2D eigenvalue weighted by Crippen LogP contribution is -2.55. The van der Waals surface area contributed by atoms with Crippen LogP contribution in [0.3, 0.4) is 0 Å². The molecule has 1 fully saturated rings. The fraction of sp³-hybridized carbons (Fsp3) is 0.833. The molecule has 0 aromatic carbocycles. The molecule has 4 atom stereocenters. The molecular weight excluding hydrogens is 327 g/mol.